The molecule has 0 aromatic carbocycles. The quantitative estimate of drug-likeness (QED) is 0.738. The van der Waals surface area contributed by atoms with Crippen molar-refractivity contribution >= 4 is 44.3 Å². The van der Waals surface area contributed by atoms with E-state index >= 15 is 0 Å². The Morgan fingerprint density at radius 1 is 1.56 bits per heavy atom. The maximum Gasteiger partial charge on any atom is 0.229 e. The second kappa shape index (κ2) is 4.70. The molecule has 1 aromatic rings. The van der Waals surface area contributed by atoms with Gasteiger partial charge in [-0.15, -0.1) is 0 Å². The zero-order valence-electron chi connectivity index (χ0n) is 9.01. The number of halogens is 2. The van der Waals surface area contributed by atoms with Crippen LogP contribution in [-0.4, -0.2) is 31.1 Å². The van der Waals surface area contributed by atoms with E-state index in [-0.39, 0.29) is 24.7 Å². The van der Waals surface area contributed by atoms with Crippen LogP contribution in [0.2, 0.25) is 0 Å². The summed E-state index contributed by atoms with van der Waals surface area (Å²) < 4.78 is 35.8. The first kappa shape index (κ1) is 13.6. The molecule has 0 aliphatic carbocycles. The molecule has 2 heterocycles. The first-order valence-electron chi connectivity index (χ1n) is 4.92. The molecule has 9 heteroatoms. The fourth-order valence-electron chi connectivity index (χ4n) is 1.71. The second-order valence-corrected chi connectivity index (χ2v) is 6.89. The van der Waals surface area contributed by atoms with Crippen LogP contribution in [0.5, 0.6) is 0 Å². The minimum atomic E-state index is -3.76. The molecule has 1 unspecified atom stereocenters. The minimum absolute atomic E-state index is 0.0493. The van der Waals surface area contributed by atoms with Gasteiger partial charge in [-0.2, -0.15) is 0 Å². The van der Waals surface area contributed by atoms with E-state index in [4.69, 9.17) is 5.14 Å². The normalized spacial score (nSPS) is 20.5. The van der Waals surface area contributed by atoms with Crippen molar-refractivity contribution in [3.8, 4) is 0 Å². The van der Waals surface area contributed by atoms with Crippen molar-refractivity contribution in [2.45, 2.75) is 11.7 Å². The zero-order valence-corrected chi connectivity index (χ0v) is 12.0. The summed E-state index contributed by atoms with van der Waals surface area (Å²) in [5.41, 5.74) is 0. The van der Waals surface area contributed by atoms with Crippen LogP contribution in [0.4, 0.5) is 10.2 Å². The van der Waals surface area contributed by atoms with Gasteiger partial charge in [0.25, 0.3) is 0 Å². The van der Waals surface area contributed by atoms with Crippen molar-refractivity contribution < 1.29 is 17.6 Å². The van der Waals surface area contributed by atoms with Gasteiger partial charge in [0, 0.05) is 13.0 Å². The lowest BCUT2D eigenvalue weighted by molar-refractivity contribution is -0.117. The van der Waals surface area contributed by atoms with Crippen molar-refractivity contribution in [3.05, 3.63) is 21.7 Å². The van der Waals surface area contributed by atoms with Gasteiger partial charge in [-0.1, -0.05) is 0 Å². The second-order valence-electron chi connectivity index (χ2n) is 3.88. The van der Waals surface area contributed by atoms with Crippen LogP contribution in [0.15, 0.2) is 12.3 Å². The van der Waals surface area contributed by atoms with Gasteiger partial charge in [0.1, 0.15) is 16.9 Å². The number of amides is 1. The Kier molecular flexibility index (Phi) is 3.56. The van der Waals surface area contributed by atoms with Crippen LogP contribution >= 0.6 is 22.6 Å². The summed E-state index contributed by atoms with van der Waals surface area (Å²) in [6.07, 6.45) is 0.809. The third kappa shape index (κ3) is 2.62. The molecule has 0 radical (unpaired) electrons. The monoisotopic (exact) mass is 385 g/mol. The number of pyridine rings is 1. The smallest absolute Gasteiger partial charge is 0.229 e. The van der Waals surface area contributed by atoms with Crippen molar-refractivity contribution in [3.63, 3.8) is 0 Å². The molecule has 0 bridgehead atoms. The number of rotatable bonds is 2. The molecule has 1 aromatic heterocycles. The summed E-state index contributed by atoms with van der Waals surface area (Å²) in [7, 11) is -3.76. The zero-order chi connectivity index (χ0) is 13.5. The molecular weight excluding hydrogens is 376 g/mol. The van der Waals surface area contributed by atoms with E-state index < -0.39 is 21.1 Å². The number of sulfonamides is 1. The fourth-order valence-corrected chi connectivity index (χ4v) is 3.17. The number of hydrogen-bond acceptors (Lipinski definition) is 4. The molecule has 0 saturated carbocycles. The van der Waals surface area contributed by atoms with Crippen LogP contribution in [0.25, 0.3) is 0 Å². The van der Waals surface area contributed by atoms with Crippen LogP contribution in [0.3, 0.4) is 0 Å². The molecule has 1 aliphatic rings. The van der Waals surface area contributed by atoms with Gasteiger partial charge < -0.3 is 0 Å². The van der Waals surface area contributed by atoms with Crippen molar-refractivity contribution in [2.24, 2.45) is 5.14 Å². The van der Waals surface area contributed by atoms with Crippen LogP contribution < -0.4 is 10.0 Å². The maximum absolute atomic E-state index is 12.9. The number of anilines is 1. The first-order valence-corrected chi connectivity index (χ1v) is 7.61. The summed E-state index contributed by atoms with van der Waals surface area (Å²) in [5.74, 6) is -0.642. The molecule has 2 rings (SSSR count). The largest absolute Gasteiger partial charge is 0.295 e. The number of carbonyl (C=O) groups is 1. The van der Waals surface area contributed by atoms with Crippen LogP contribution in [0, 0.1) is 9.39 Å². The number of aromatic nitrogens is 1. The van der Waals surface area contributed by atoms with Gasteiger partial charge in [-0.25, -0.2) is 22.9 Å². The lowest BCUT2D eigenvalue weighted by atomic mass is 10.4. The van der Waals surface area contributed by atoms with E-state index in [0.29, 0.717) is 3.57 Å². The Hall–Kier alpha value is -0.810. The molecular formula is C9H9FIN3O3S. The summed E-state index contributed by atoms with van der Waals surface area (Å²) in [6, 6.07) is 1.22. The van der Waals surface area contributed by atoms with Crippen LogP contribution in [-0.2, 0) is 14.8 Å². The highest BCUT2D eigenvalue weighted by Gasteiger charge is 2.38. The molecule has 1 fully saturated rings. The van der Waals surface area contributed by atoms with Crippen molar-refractivity contribution in [2.75, 3.05) is 11.4 Å². The topological polar surface area (TPSA) is 93.4 Å². The van der Waals surface area contributed by atoms with Gasteiger partial charge in [0.15, 0.2) is 0 Å². The van der Waals surface area contributed by atoms with Crippen molar-refractivity contribution in [1.29, 1.82) is 0 Å². The fraction of sp³-hybridized carbons (Fsp3) is 0.333. The highest BCUT2D eigenvalue weighted by molar-refractivity contribution is 14.1. The Morgan fingerprint density at radius 2 is 2.22 bits per heavy atom. The summed E-state index contributed by atoms with van der Waals surface area (Å²) in [5, 5.41) is 4.08. The van der Waals surface area contributed by atoms with E-state index in [1.807, 2.05) is 22.6 Å². The number of carbonyl (C=O) groups excluding carboxylic acids is 1. The average molecular weight is 385 g/mol. The molecule has 2 N–H and O–H groups in total. The molecule has 18 heavy (non-hydrogen) atoms. The van der Waals surface area contributed by atoms with Crippen molar-refractivity contribution in [1.82, 2.24) is 4.98 Å². The number of primary sulfonamides is 1. The summed E-state index contributed by atoms with van der Waals surface area (Å²) in [4.78, 5) is 16.8. The van der Waals surface area contributed by atoms with Gasteiger partial charge in [0.05, 0.1) is 9.77 Å². The standard InChI is InChI=1S/C9H9FIN3O3S/c10-5-1-7(11)9(13-3-5)14-4-6(2-8(14)15)18(12,16)17/h1,3,6H,2,4H2,(H2,12,16,17). The summed E-state index contributed by atoms with van der Waals surface area (Å²) >= 11 is 1.84. The lowest BCUT2D eigenvalue weighted by Gasteiger charge is -2.16. The van der Waals surface area contributed by atoms with E-state index in [9.17, 15) is 17.6 Å². The van der Waals surface area contributed by atoms with E-state index in [0.717, 1.165) is 6.20 Å². The molecule has 1 aliphatic heterocycles. The molecule has 0 spiro atoms. The third-order valence-corrected chi connectivity index (χ3v) is 4.64. The number of nitrogens with two attached hydrogens (primary N) is 1. The summed E-state index contributed by atoms with van der Waals surface area (Å²) in [6.45, 7) is -0.0493. The third-order valence-electron chi connectivity index (χ3n) is 2.60. The Morgan fingerprint density at radius 3 is 2.72 bits per heavy atom. The van der Waals surface area contributed by atoms with Crippen LogP contribution in [0.1, 0.15) is 6.42 Å². The van der Waals surface area contributed by atoms with Gasteiger partial charge in [-0.05, 0) is 28.7 Å². The van der Waals surface area contributed by atoms with E-state index in [2.05, 4.69) is 4.98 Å². The first-order chi connectivity index (χ1) is 8.29. The average Bonchev–Trinajstić information content (AvgIpc) is 2.60. The van der Waals surface area contributed by atoms with Gasteiger partial charge in [-0.3, -0.25) is 9.69 Å². The number of hydrogen-bond donors (Lipinski definition) is 1. The molecule has 1 saturated heterocycles. The van der Waals surface area contributed by atoms with E-state index in [1.165, 1.54) is 11.0 Å². The highest BCUT2D eigenvalue weighted by Crippen LogP contribution is 2.26. The van der Waals surface area contributed by atoms with E-state index in [1.54, 1.807) is 0 Å². The SMILES string of the molecule is NS(=O)(=O)C1CC(=O)N(c2ncc(F)cc2I)C1. The predicted octanol–water partition coefficient (Wildman–Crippen LogP) is 0.219. The Bertz CT molecular complexity index is 607. The van der Waals surface area contributed by atoms with Gasteiger partial charge in [0.2, 0.25) is 15.9 Å². The van der Waals surface area contributed by atoms with Gasteiger partial charge >= 0.3 is 0 Å². The minimum Gasteiger partial charge on any atom is -0.295 e. The Balaban J connectivity index is 2.33. The maximum atomic E-state index is 12.9. The Labute approximate surface area is 117 Å². The molecule has 98 valence electrons. The highest BCUT2D eigenvalue weighted by atomic mass is 127. The predicted molar refractivity (Wildman–Crippen MR) is 70.8 cm³/mol. The molecule has 6 nitrogen and oxygen atoms in total. The number of nitrogens with zero attached hydrogens (tertiary/aromatic N) is 2. The molecule has 1 amide bonds. The molecule has 1 atom stereocenters. The lowest BCUT2D eigenvalue weighted by Crippen LogP contribution is -2.32.